The number of hydrogen-bond donors (Lipinski definition) is 1. The molecule has 0 saturated heterocycles. The summed E-state index contributed by atoms with van der Waals surface area (Å²) in [5, 5.41) is 3.12. The third kappa shape index (κ3) is 4.60. The van der Waals surface area contributed by atoms with E-state index in [1.54, 1.807) is 31.2 Å². The molecule has 0 aliphatic carbocycles. The molecule has 23 heavy (non-hydrogen) atoms. The number of hydrogen-bond acceptors (Lipinski definition) is 4. The zero-order valence-corrected chi connectivity index (χ0v) is 14.4. The van der Waals surface area contributed by atoms with E-state index in [1.165, 1.54) is 18.2 Å². The second-order valence-electron chi connectivity index (χ2n) is 4.49. The van der Waals surface area contributed by atoms with Crippen LogP contribution >= 0.6 is 22.3 Å². The van der Waals surface area contributed by atoms with Gasteiger partial charge in [-0.3, -0.25) is 4.79 Å². The lowest BCUT2D eigenvalue weighted by Crippen LogP contribution is -2.13. The van der Waals surface area contributed by atoms with Crippen molar-refractivity contribution in [3.63, 3.8) is 0 Å². The number of nitrogens with one attached hydrogen (secondary N) is 1. The smallest absolute Gasteiger partial charge is 0.261 e. The molecule has 1 N–H and O–H groups in total. The molecule has 2 rings (SSSR count). The molecule has 2 aromatic carbocycles. The minimum Gasteiger partial charge on any atom is -0.492 e. The average Bonchev–Trinajstić information content (AvgIpc) is 2.48. The Labute approximate surface area is 143 Å². The summed E-state index contributed by atoms with van der Waals surface area (Å²) in [7, 11) is 1.42. The van der Waals surface area contributed by atoms with Crippen molar-refractivity contribution >= 4 is 42.9 Å². The monoisotopic (exact) mass is 373 g/mol. The molecule has 0 aliphatic heterocycles. The molecule has 0 fully saturated rings. The topological polar surface area (TPSA) is 72.5 Å². The summed E-state index contributed by atoms with van der Waals surface area (Å²) in [5.41, 5.74) is 0.588. The Kier molecular flexibility index (Phi) is 5.51. The van der Waals surface area contributed by atoms with Crippen molar-refractivity contribution in [2.45, 2.75) is 11.8 Å². The fourth-order valence-electron chi connectivity index (χ4n) is 1.84. The van der Waals surface area contributed by atoms with Gasteiger partial charge in [0.05, 0.1) is 17.2 Å². The van der Waals surface area contributed by atoms with E-state index in [-0.39, 0.29) is 10.6 Å². The first-order chi connectivity index (χ1) is 10.8. The molecule has 8 heteroatoms. The van der Waals surface area contributed by atoms with Gasteiger partial charge in [-0.1, -0.05) is 11.6 Å². The molecule has 0 spiro atoms. The minimum absolute atomic E-state index is 0.131. The lowest BCUT2D eigenvalue weighted by Gasteiger charge is -2.12. The number of benzene rings is 2. The Morgan fingerprint density at radius 1 is 1.17 bits per heavy atom. The van der Waals surface area contributed by atoms with Crippen LogP contribution < -0.4 is 10.1 Å². The predicted molar refractivity (Wildman–Crippen MR) is 90.1 cm³/mol. The number of rotatable bonds is 5. The number of anilines is 1. The van der Waals surface area contributed by atoms with Crippen LogP contribution in [0.2, 0.25) is 5.02 Å². The Hall–Kier alpha value is -1.76. The Bertz CT molecular complexity index is 820. The first-order valence-electron chi connectivity index (χ1n) is 6.59. The van der Waals surface area contributed by atoms with E-state index in [2.05, 4.69) is 5.32 Å². The van der Waals surface area contributed by atoms with Gasteiger partial charge in [0.15, 0.2) is 0 Å². The maximum atomic E-state index is 12.3. The molecule has 0 aromatic heterocycles. The van der Waals surface area contributed by atoms with Crippen LogP contribution in [0.15, 0.2) is 47.4 Å². The van der Waals surface area contributed by atoms with E-state index in [0.717, 1.165) is 0 Å². The van der Waals surface area contributed by atoms with E-state index in [1.807, 2.05) is 0 Å². The van der Waals surface area contributed by atoms with Crippen molar-refractivity contribution in [1.82, 2.24) is 0 Å². The van der Waals surface area contributed by atoms with E-state index < -0.39 is 15.0 Å². The van der Waals surface area contributed by atoms with Gasteiger partial charge in [-0.2, -0.15) is 0 Å². The molecule has 122 valence electrons. The van der Waals surface area contributed by atoms with Crippen molar-refractivity contribution in [3.05, 3.63) is 53.1 Å². The van der Waals surface area contributed by atoms with Crippen LogP contribution in [0.1, 0.15) is 17.3 Å². The largest absolute Gasteiger partial charge is 0.492 e. The van der Waals surface area contributed by atoms with Crippen molar-refractivity contribution < 1.29 is 17.9 Å². The number of ether oxygens (including phenoxy) is 1. The summed E-state index contributed by atoms with van der Waals surface area (Å²) in [4.78, 5) is 12.1. The second kappa shape index (κ2) is 7.21. The highest BCUT2D eigenvalue weighted by Gasteiger charge is 2.16. The van der Waals surface area contributed by atoms with Gasteiger partial charge in [0.25, 0.3) is 15.0 Å². The normalized spacial score (nSPS) is 11.1. The standard InChI is InChI=1S/C15H13Cl2NO4S/c1-2-22-14-8-7-12(23(17,20)21)9-13(14)18-15(19)10-3-5-11(16)6-4-10/h3-9H,2H2,1H3,(H,18,19). The summed E-state index contributed by atoms with van der Waals surface area (Å²) in [6.45, 7) is 2.13. The zero-order valence-electron chi connectivity index (χ0n) is 12.0. The van der Waals surface area contributed by atoms with Crippen molar-refractivity contribution in [3.8, 4) is 5.75 Å². The molecule has 0 unspecified atom stereocenters. The van der Waals surface area contributed by atoms with Crippen molar-refractivity contribution in [2.75, 3.05) is 11.9 Å². The molecule has 2 aromatic rings. The van der Waals surface area contributed by atoms with Crippen LogP contribution in [0.3, 0.4) is 0 Å². The van der Waals surface area contributed by atoms with Gasteiger partial charge in [0, 0.05) is 21.3 Å². The fourth-order valence-corrected chi connectivity index (χ4v) is 2.74. The van der Waals surface area contributed by atoms with Crippen LogP contribution in [-0.4, -0.2) is 20.9 Å². The van der Waals surface area contributed by atoms with Gasteiger partial charge in [-0.15, -0.1) is 0 Å². The van der Waals surface area contributed by atoms with E-state index in [0.29, 0.717) is 22.9 Å². The Morgan fingerprint density at radius 3 is 2.39 bits per heavy atom. The highest BCUT2D eigenvalue weighted by atomic mass is 35.7. The molecule has 5 nitrogen and oxygen atoms in total. The highest BCUT2D eigenvalue weighted by molar-refractivity contribution is 8.13. The van der Waals surface area contributed by atoms with E-state index >= 15 is 0 Å². The van der Waals surface area contributed by atoms with Crippen molar-refractivity contribution in [1.29, 1.82) is 0 Å². The number of amides is 1. The SMILES string of the molecule is CCOc1ccc(S(=O)(=O)Cl)cc1NC(=O)c1ccc(Cl)cc1. The summed E-state index contributed by atoms with van der Waals surface area (Å²) < 4.78 is 28.3. The number of halogens is 2. The van der Waals surface area contributed by atoms with Crippen molar-refractivity contribution in [2.24, 2.45) is 0 Å². The van der Waals surface area contributed by atoms with Gasteiger partial charge in [-0.05, 0) is 49.4 Å². The van der Waals surface area contributed by atoms with Crippen LogP contribution in [0.5, 0.6) is 5.75 Å². The van der Waals surface area contributed by atoms with E-state index in [9.17, 15) is 13.2 Å². The van der Waals surface area contributed by atoms with Gasteiger partial charge in [0.2, 0.25) is 0 Å². The van der Waals surface area contributed by atoms with Gasteiger partial charge >= 0.3 is 0 Å². The first kappa shape index (κ1) is 17.6. The van der Waals surface area contributed by atoms with Gasteiger partial charge in [0.1, 0.15) is 5.75 Å². The third-order valence-electron chi connectivity index (χ3n) is 2.89. The maximum Gasteiger partial charge on any atom is 0.261 e. The van der Waals surface area contributed by atoms with Crippen LogP contribution in [-0.2, 0) is 9.05 Å². The molecule has 0 aliphatic rings. The Balaban J connectivity index is 2.36. The lowest BCUT2D eigenvalue weighted by atomic mass is 10.2. The molecular formula is C15H13Cl2NO4S. The third-order valence-corrected chi connectivity index (χ3v) is 4.49. The molecule has 0 atom stereocenters. The molecule has 0 saturated carbocycles. The molecule has 1 amide bonds. The zero-order chi connectivity index (χ0) is 17.0. The molecule has 0 heterocycles. The first-order valence-corrected chi connectivity index (χ1v) is 9.28. The summed E-state index contributed by atoms with van der Waals surface area (Å²) >= 11 is 5.78. The minimum atomic E-state index is -3.92. The van der Waals surface area contributed by atoms with Crippen LogP contribution in [0.25, 0.3) is 0 Å². The summed E-state index contributed by atoms with van der Waals surface area (Å²) in [6, 6.07) is 10.3. The number of carbonyl (C=O) groups excluding carboxylic acids is 1. The quantitative estimate of drug-likeness (QED) is 0.806. The summed E-state index contributed by atoms with van der Waals surface area (Å²) in [6.07, 6.45) is 0. The van der Waals surface area contributed by atoms with Gasteiger partial charge < -0.3 is 10.1 Å². The second-order valence-corrected chi connectivity index (χ2v) is 7.49. The molecule has 0 radical (unpaired) electrons. The highest BCUT2D eigenvalue weighted by Crippen LogP contribution is 2.29. The van der Waals surface area contributed by atoms with E-state index in [4.69, 9.17) is 27.0 Å². The van der Waals surface area contributed by atoms with Crippen LogP contribution in [0, 0.1) is 0 Å². The predicted octanol–water partition coefficient (Wildman–Crippen LogP) is 3.92. The average molecular weight is 374 g/mol. The number of carbonyl (C=O) groups is 1. The van der Waals surface area contributed by atoms with Crippen LogP contribution in [0.4, 0.5) is 5.69 Å². The lowest BCUT2D eigenvalue weighted by molar-refractivity contribution is 0.102. The molecular weight excluding hydrogens is 361 g/mol. The van der Waals surface area contributed by atoms with Gasteiger partial charge in [-0.25, -0.2) is 8.42 Å². The maximum absolute atomic E-state index is 12.3. The summed E-state index contributed by atoms with van der Waals surface area (Å²) in [5.74, 6) is -0.0781. The molecule has 0 bridgehead atoms. The Morgan fingerprint density at radius 2 is 1.83 bits per heavy atom. The fraction of sp³-hybridized carbons (Fsp3) is 0.133.